The largest absolute Gasteiger partial charge is 0.331 e. The van der Waals surface area contributed by atoms with Gasteiger partial charge in [0, 0.05) is 19.8 Å². The third kappa shape index (κ3) is 4.08. The van der Waals surface area contributed by atoms with Crippen molar-refractivity contribution in [3.63, 3.8) is 0 Å². The predicted molar refractivity (Wildman–Crippen MR) is 87.6 cm³/mol. The molecule has 118 valence electrons. The predicted octanol–water partition coefficient (Wildman–Crippen LogP) is 2.33. The molecule has 0 saturated heterocycles. The van der Waals surface area contributed by atoms with Gasteiger partial charge in [-0.05, 0) is 19.7 Å². The molecule has 0 aliphatic carbocycles. The number of aryl methyl sites for hydroxylation is 1. The molecular weight excluding hydrogens is 300 g/mol. The van der Waals surface area contributed by atoms with Gasteiger partial charge in [0.05, 0.1) is 17.6 Å². The number of hydrogen-bond acceptors (Lipinski definition) is 3. The molecule has 1 aromatic carbocycles. The van der Waals surface area contributed by atoms with E-state index in [9.17, 15) is 4.79 Å². The molecule has 1 atom stereocenters. The van der Waals surface area contributed by atoms with E-state index in [-0.39, 0.29) is 6.04 Å². The lowest BCUT2D eigenvalue weighted by molar-refractivity contribution is -0.121. The number of halogens is 1. The summed E-state index contributed by atoms with van der Waals surface area (Å²) in [6.45, 7) is 1.11. The van der Waals surface area contributed by atoms with Crippen molar-refractivity contribution in [3.05, 3.63) is 52.8 Å². The molecule has 2 aromatic rings. The van der Waals surface area contributed by atoms with Crippen LogP contribution in [0.3, 0.4) is 0 Å². The minimum atomic E-state index is -0.0493. The van der Waals surface area contributed by atoms with Crippen molar-refractivity contribution < 1.29 is 4.79 Å². The molecule has 5 nitrogen and oxygen atoms in total. The van der Waals surface area contributed by atoms with E-state index in [2.05, 4.69) is 10.00 Å². The summed E-state index contributed by atoms with van der Waals surface area (Å²) in [4.78, 5) is 15.5. The Morgan fingerprint density at radius 1 is 1.32 bits per heavy atom. The highest BCUT2D eigenvalue weighted by molar-refractivity contribution is 6.31. The fourth-order valence-corrected chi connectivity index (χ4v) is 2.67. The Kier molecular flexibility index (Phi) is 5.57. The minimum absolute atomic E-state index is 0.0493. The molecule has 0 aliphatic heterocycles. The summed E-state index contributed by atoms with van der Waals surface area (Å²) in [6, 6.07) is 9.95. The van der Waals surface area contributed by atoms with E-state index in [0.29, 0.717) is 17.3 Å². The summed E-state index contributed by atoms with van der Waals surface area (Å²) in [5.41, 5.74) is 1.80. The number of amides is 1. The summed E-state index contributed by atoms with van der Waals surface area (Å²) in [6.07, 6.45) is 2.61. The third-order valence-corrected chi connectivity index (χ3v) is 3.76. The molecule has 0 bridgehead atoms. The van der Waals surface area contributed by atoms with Crippen LogP contribution in [0.1, 0.15) is 17.3 Å². The Balaban J connectivity index is 2.27. The highest BCUT2D eigenvalue weighted by Crippen LogP contribution is 2.24. The van der Waals surface area contributed by atoms with Gasteiger partial charge in [-0.3, -0.25) is 9.48 Å². The van der Waals surface area contributed by atoms with Crippen LogP contribution in [0.2, 0.25) is 5.02 Å². The number of aromatic nitrogens is 2. The topological polar surface area (TPSA) is 41.4 Å². The van der Waals surface area contributed by atoms with Crippen molar-refractivity contribution in [2.24, 2.45) is 7.05 Å². The van der Waals surface area contributed by atoms with Crippen molar-refractivity contribution in [3.8, 4) is 0 Å². The van der Waals surface area contributed by atoms with E-state index >= 15 is 0 Å². The van der Waals surface area contributed by atoms with Crippen LogP contribution < -0.4 is 0 Å². The lowest BCUT2D eigenvalue weighted by atomic mass is 10.0. The Morgan fingerprint density at radius 3 is 2.50 bits per heavy atom. The van der Waals surface area contributed by atoms with Gasteiger partial charge < -0.3 is 9.80 Å². The van der Waals surface area contributed by atoms with Crippen LogP contribution in [0.4, 0.5) is 0 Å². The van der Waals surface area contributed by atoms with Gasteiger partial charge in [-0.2, -0.15) is 5.10 Å². The van der Waals surface area contributed by atoms with Crippen molar-refractivity contribution in [2.75, 3.05) is 20.6 Å². The summed E-state index contributed by atoms with van der Waals surface area (Å²) < 4.78 is 1.66. The number of rotatable bonds is 7. The molecule has 1 unspecified atom stereocenters. The molecule has 22 heavy (non-hydrogen) atoms. The Labute approximate surface area is 136 Å². The smallest absolute Gasteiger partial charge is 0.210 e. The molecule has 0 radical (unpaired) electrons. The lowest BCUT2D eigenvalue weighted by Gasteiger charge is -2.30. The molecule has 2 rings (SSSR count). The van der Waals surface area contributed by atoms with E-state index < -0.39 is 0 Å². The van der Waals surface area contributed by atoms with Crippen LogP contribution in [0.25, 0.3) is 0 Å². The van der Waals surface area contributed by atoms with Crippen molar-refractivity contribution in [1.29, 1.82) is 0 Å². The van der Waals surface area contributed by atoms with Crippen LogP contribution in [-0.4, -0.2) is 46.6 Å². The molecule has 1 aromatic heterocycles. The number of likely N-dealkylation sites (N-methyl/N-ethyl adjacent to an activating group) is 1. The molecule has 1 heterocycles. The first kappa shape index (κ1) is 16.5. The second-order valence-corrected chi connectivity index (χ2v) is 5.97. The summed E-state index contributed by atoms with van der Waals surface area (Å²) >= 11 is 6.17. The molecular formula is C16H21ClN4O. The Bertz CT molecular complexity index is 612. The van der Waals surface area contributed by atoms with Crippen LogP contribution >= 0.6 is 11.6 Å². The summed E-state index contributed by atoms with van der Waals surface area (Å²) in [5, 5.41) is 4.90. The quantitative estimate of drug-likeness (QED) is 0.735. The maximum Gasteiger partial charge on any atom is 0.210 e. The minimum Gasteiger partial charge on any atom is -0.331 e. The monoisotopic (exact) mass is 320 g/mol. The molecule has 0 aliphatic rings. The Hall–Kier alpha value is -1.85. The zero-order valence-corrected chi connectivity index (χ0v) is 13.9. The second-order valence-electron chi connectivity index (χ2n) is 5.56. The van der Waals surface area contributed by atoms with Gasteiger partial charge in [0.25, 0.3) is 0 Å². The second kappa shape index (κ2) is 7.42. The van der Waals surface area contributed by atoms with Crippen LogP contribution in [0.5, 0.6) is 0 Å². The van der Waals surface area contributed by atoms with Crippen molar-refractivity contribution in [2.45, 2.75) is 12.6 Å². The van der Waals surface area contributed by atoms with Crippen molar-refractivity contribution >= 4 is 18.0 Å². The number of benzene rings is 1. The molecule has 6 heteroatoms. The normalized spacial score (nSPS) is 12.4. The molecule has 0 spiro atoms. The fraction of sp³-hybridized carbons (Fsp3) is 0.375. The van der Waals surface area contributed by atoms with E-state index in [1.807, 2.05) is 51.5 Å². The van der Waals surface area contributed by atoms with Gasteiger partial charge in [-0.15, -0.1) is 0 Å². The van der Waals surface area contributed by atoms with Crippen LogP contribution in [0.15, 0.2) is 36.5 Å². The zero-order valence-electron chi connectivity index (χ0n) is 13.1. The highest BCUT2D eigenvalue weighted by Gasteiger charge is 2.22. The van der Waals surface area contributed by atoms with E-state index in [4.69, 9.17) is 11.6 Å². The molecule has 1 amide bonds. The molecule has 0 saturated carbocycles. The van der Waals surface area contributed by atoms with Crippen LogP contribution in [-0.2, 0) is 18.4 Å². The third-order valence-electron chi connectivity index (χ3n) is 3.44. The van der Waals surface area contributed by atoms with Gasteiger partial charge in [-0.25, -0.2) is 0 Å². The molecule has 0 N–H and O–H groups in total. The number of hydrogen-bond donors (Lipinski definition) is 0. The summed E-state index contributed by atoms with van der Waals surface area (Å²) in [7, 11) is 5.80. The van der Waals surface area contributed by atoms with E-state index in [0.717, 1.165) is 18.5 Å². The summed E-state index contributed by atoms with van der Waals surface area (Å²) in [5.74, 6) is 0. The van der Waals surface area contributed by atoms with Gasteiger partial charge in [0.1, 0.15) is 5.69 Å². The number of nitrogens with zero attached hydrogens (tertiary/aromatic N) is 4. The first-order chi connectivity index (χ1) is 10.5. The lowest BCUT2D eigenvalue weighted by Crippen LogP contribution is -2.34. The molecule has 0 fully saturated rings. The Morgan fingerprint density at radius 2 is 2.00 bits per heavy atom. The van der Waals surface area contributed by atoms with Crippen molar-refractivity contribution in [1.82, 2.24) is 19.6 Å². The van der Waals surface area contributed by atoms with Gasteiger partial charge in [-0.1, -0.05) is 41.9 Å². The van der Waals surface area contributed by atoms with E-state index in [1.165, 1.54) is 0 Å². The van der Waals surface area contributed by atoms with Gasteiger partial charge >= 0.3 is 0 Å². The zero-order chi connectivity index (χ0) is 16.1. The average Bonchev–Trinajstić information content (AvgIpc) is 2.81. The SMILES string of the molecule is CN(C)CC(c1ccccc1)N(C=O)Cc1nn(C)cc1Cl. The number of carbonyl (C=O) groups is 1. The first-order valence-electron chi connectivity index (χ1n) is 7.10. The maximum atomic E-state index is 11.7. The number of carbonyl (C=O) groups excluding carboxylic acids is 1. The first-order valence-corrected chi connectivity index (χ1v) is 7.47. The van der Waals surface area contributed by atoms with E-state index in [1.54, 1.807) is 15.8 Å². The van der Waals surface area contributed by atoms with Gasteiger partial charge in [0.15, 0.2) is 0 Å². The van der Waals surface area contributed by atoms with Gasteiger partial charge in [0.2, 0.25) is 6.41 Å². The maximum absolute atomic E-state index is 11.7. The standard InChI is InChI=1S/C16H21ClN4O/c1-19(2)11-16(13-7-5-4-6-8-13)21(12-22)10-15-14(17)9-20(3)18-15/h4-9,12,16H,10-11H2,1-3H3. The highest BCUT2D eigenvalue weighted by atomic mass is 35.5. The van der Waals surface area contributed by atoms with Crippen LogP contribution in [0, 0.1) is 0 Å². The fourth-order valence-electron chi connectivity index (χ4n) is 2.43. The average molecular weight is 321 g/mol.